The van der Waals surface area contributed by atoms with Crippen molar-refractivity contribution in [3.63, 3.8) is 0 Å². The number of thioether (sulfide) groups is 1. The number of rotatable bonds is 7. The van der Waals surface area contributed by atoms with Crippen LogP contribution in [0.1, 0.15) is 32.3 Å². The van der Waals surface area contributed by atoms with E-state index in [0.717, 1.165) is 38.0 Å². The number of aryl methyl sites for hydroxylation is 2. The minimum absolute atomic E-state index is 0.0984. The van der Waals surface area contributed by atoms with Crippen LogP contribution < -0.4 is 10.6 Å². The van der Waals surface area contributed by atoms with Gasteiger partial charge < -0.3 is 10.6 Å². The fourth-order valence-corrected chi connectivity index (χ4v) is 5.45. The molecule has 2 N–H and O–H groups in total. The molecule has 0 aromatic heterocycles. The van der Waals surface area contributed by atoms with Gasteiger partial charge in [0.1, 0.15) is 5.25 Å². The molecule has 2 amide bonds. The maximum Gasteiger partial charge on any atom is 0.255 e. The molecule has 5 rings (SSSR count). The van der Waals surface area contributed by atoms with Crippen molar-refractivity contribution in [1.29, 1.82) is 0 Å². The second kappa shape index (κ2) is 11.4. The number of hydrogen-bond donors (Lipinski definition) is 2. The van der Waals surface area contributed by atoms with Gasteiger partial charge in [-0.25, -0.2) is 0 Å². The van der Waals surface area contributed by atoms with Crippen molar-refractivity contribution in [2.24, 2.45) is 0 Å². The van der Waals surface area contributed by atoms with Gasteiger partial charge in [0.15, 0.2) is 0 Å². The third-order valence-electron chi connectivity index (χ3n) is 6.34. The van der Waals surface area contributed by atoms with Crippen LogP contribution in [0.15, 0.2) is 120 Å². The first kappa shape index (κ1) is 25.3. The molecule has 4 nitrogen and oxygen atoms in total. The Morgan fingerprint density at radius 2 is 1.45 bits per heavy atom. The summed E-state index contributed by atoms with van der Waals surface area (Å²) < 4.78 is 0. The van der Waals surface area contributed by atoms with Crippen LogP contribution in [0, 0.1) is 13.8 Å². The highest BCUT2D eigenvalue weighted by atomic mass is 32.2. The zero-order valence-corrected chi connectivity index (χ0v) is 22.1. The van der Waals surface area contributed by atoms with E-state index in [-0.39, 0.29) is 11.8 Å². The minimum Gasteiger partial charge on any atom is -0.325 e. The SMILES string of the molecule is Cc1ccc(NC(=O)C(Sc2cccc(NC(=O)c3ccc4ccccc4c3)c2)c2ccccc2)c(C)c1. The smallest absolute Gasteiger partial charge is 0.255 e. The molecule has 0 aliphatic heterocycles. The third-order valence-corrected chi connectivity index (χ3v) is 7.59. The molecule has 0 saturated heterocycles. The number of anilines is 2. The second-order valence-electron chi connectivity index (χ2n) is 9.26. The van der Waals surface area contributed by atoms with Gasteiger partial charge in [0.05, 0.1) is 0 Å². The quantitative estimate of drug-likeness (QED) is 0.214. The summed E-state index contributed by atoms with van der Waals surface area (Å²) in [5, 5.41) is 7.76. The minimum atomic E-state index is -0.469. The van der Waals surface area contributed by atoms with E-state index >= 15 is 0 Å². The van der Waals surface area contributed by atoms with Crippen LogP contribution in [0.5, 0.6) is 0 Å². The Balaban J connectivity index is 1.36. The molecule has 5 aromatic carbocycles. The van der Waals surface area contributed by atoms with Crippen LogP contribution in [0.4, 0.5) is 11.4 Å². The molecular formula is C33H28N2O2S. The molecule has 0 heterocycles. The fraction of sp³-hybridized carbons (Fsp3) is 0.0909. The fourth-order valence-electron chi connectivity index (χ4n) is 4.37. The predicted molar refractivity (Wildman–Crippen MR) is 158 cm³/mol. The van der Waals surface area contributed by atoms with E-state index in [2.05, 4.69) is 16.7 Å². The largest absolute Gasteiger partial charge is 0.325 e. The van der Waals surface area contributed by atoms with Crippen LogP contribution in [-0.2, 0) is 4.79 Å². The van der Waals surface area contributed by atoms with Crippen molar-refractivity contribution in [2.45, 2.75) is 24.0 Å². The van der Waals surface area contributed by atoms with Crippen molar-refractivity contribution in [1.82, 2.24) is 0 Å². The first-order valence-corrected chi connectivity index (χ1v) is 13.3. The monoisotopic (exact) mass is 516 g/mol. The van der Waals surface area contributed by atoms with Crippen LogP contribution in [-0.4, -0.2) is 11.8 Å². The molecule has 5 heteroatoms. The molecule has 1 unspecified atom stereocenters. The van der Waals surface area contributed by atoms with E-state index in [1.165, 1.54) is 11.8 Å². The molecule has 0 radical (unpaired) electrons. The summed E-state index contributed by atoms with van der Waals surface area (Å²) in [4.78, 5) is 27.4. The third kappa shape index (κ3) is 5.96. The summed E-state index contributed by atoms with van der Waals surface area (Å²) in [7, 11) is 0. The maximum absolute atomic E-state index is 13.5. The molecule has 0 aliphatic rings. The van der Waals surface area contributed by atoms with Crippen molar-refractivity contribution in [3.8, 4) is 0 Å². The van der Waals surface area contributed by atoms with Gasteiger partial charge in [0, 0.05) is 21.8 Å². The summed E-state index contributed by atoms with van der Waals surface area (Å²) in [6.07, 6.45) is 0. The lowest BCUT2D eigenvalue weighted by Gasteiger charge is -2.18. The van der Waals surface area contributed by atoms with Crippen LogP contribution in [0.2, 0.25) is 0 Å². The molecule has 5 aromatic rings. The van der Waals surface area contributed by atoms with E-state index in [4.69, 9.17) is 0 Å². The van der Waals surface area contributed by atoms with Crippen LogP contribution in [0.3, 0.4) is 0 Å². The molecular weight excluding hydrogens is 488 g/mol. The lowest BCUT2D eigenvalue weighted by molar-refractivity contribution is -0.115. The predicted octanol–water partition coefficient (Wildman–Crippen LogP) is 8.18. The Hall–Kier alpha value is -4.35. The number of nitrogens with one attached hydrogen (secondary N) is 2. The van der Waals surface area contributed by atoms with E-state index in [1.54, 1.807) is 0 Å². The number of benzene rings is 5. The molecule has 0 spiro atoms. The highest BCUT2D eigenvalue weighted by molar-refractivity contribution is 8.00. The van der Waals surface area contributed by atoms with Gasteiger partial charge in [-0.15, -0.1) is 11.8 Å². The Morgan fingerprint density at radius 3 is 2.24 bits per heavy atom. The summed E-state index contributed by atoms with van der Waals surface area (Å²) in [5.74, 6) is -0.274. The first-order chi connectivity index (χ1) is 18.5. The van der Waals surface area contributed by atoms with Gasteiger partial charge in [-0.1, -0.05) is 84.4 Å². The van der Waals surface area contributed by atoms with Crippen molar-refractivity contribution in [3.05, 3.63) is 138 Å². The Morgan fingerprint density at radius 1 is 0.684 bits per heavy atom. The van der Waals surface area contributed by atoms with Crippen molar-refractivity contribution < 1.29 is 9.59 Å². The molecule has 188 valence electrons. The van der Waals surface area contributed by atoms with Gasteiger partial charge in [-0.05, 0) is 72.1 Å². The van der Waals surface area contributed by atoms with E-state index < -0.39 is 5.25 Å². The number of amides is 2. The lowest BCUT2D eigenvalue weighted by Crippen LogP contribution is -2.19. The van der Waals surface area contributed by atoms with Crippen LogP contribution >= 0.6 is 11.8 Å². The van der Waals surface area contributed by atoms with E-state index in [1.807, 2.05) is 123 Å². The first-order valence-electron chi connectivity index (χ1n) is 12.5. The van der Waals surface area contributed by atoms with Gasteiger partial charge in [-0.2, -0.15) is 0 Å². The van der Waals surface area contributed by atoms with Gasteiger partial charge in [0.2, 0.25) is 5.91 Å². The van der Waals surface area contributed by atoms with Gasteiger partial charge in [-0.3, -0.25) is 9.59 Å². The average molecular weight is 517 g/mol. The Bertz CT molecular complexity index is 1610. The zero-order valence-electron chi connectivity index (χ0n) is 21.3. The highest BCUT2D eigenvalue weighted by Gasteiger charge is 2.23. The normalized spacial score (nSPS) is 11.6. The molecule has 0 saturated carbocycles. The molecule has 0 bridgehead atoms. The molecule has 38 heavy (non-hydrogen) atoms. The van der Waals surface area contributed by atoms with Crippen molar-refractivity contribution >= 4 is 45.7 Å². The summed E-state index contributed by atoms with van der Waals surface area (Å²) in [6, 6.07) is 37.0. The average Bonchev–Trinajstić information content (AvgIpc) is 2.93. The Labute approximate surface area is 227 Å². The number of carbonyl (C=O) groups is 2. The molecule has 0 aliphatic carbocycles. The summed E-state index contributed by atoms with van der Waals surface area (Å²) in [5.41, 5.74) is 5.15. The van der Waals surface area contributed by atoms with Gasteiger partial charge >= 0.3 is 0 Å². The lowest BCUT2D eigenvalue weighted by atomic mass is 10.1. The number of carbonyl (C=O) groups excluding carboxylic acids is 2. The molecule has 0 fully saturated rings. The summed E-state index contributed by atoms with van der Waals surface area (Å²) in [6.45, 7) is 4.03. The van der Waals surface area contributed by atoms with Gasteiger partial charge in [0.25, 0.3) is 5.91 Å². The number of fused-ring (bicyclic) bond motifs is 1. The topological polar surface area (TPSA) is 58.2 Å². The highest BCUT2D eigenvalue weighted by Crippen LogP contribution is 2.37. The zero-order chi connectivity index (χ0) is 26.5. The second-order valence-corrected chi connectivity index (χ2v) is 10.4. The molecule has 1 atom stereocenters. The number of hydrogen-bond acceptors (Lipinski definition) is 3. The Kier molecular flexibility index (Phi) is 7.57. The summed E-state index contributed by atoms with van der Waals surface area (Å²) >= 11 is 1.45. The standard InChI is InChI=1S/C33H28N2O2S/c1-22-15-18-30(23(2)19-22)35-33(37)31(25-10-4-3-5-11-25)38-29-14-8-13-28(21-29)34-32(36)27-17-16-24-9-6-7-12-26(24)20-27/h3-21,31H,1-2H3,(H,34,36)(H,35,37). The van der Waals surface area contributed by atoms with Crippen LogP contribution in [0.25, 0.3) is 10.8 Å². The van der Waals surface area contributed by atoms with E-state index in [0.29, 0.717) is 11.3 Å². The van der Waals surface area contributed by atoms with E-state index in [9.17, 15) is 9.59 Å². The maximum atomic E-state index is 13.5. The van der Waals surface area contributed by atoms with Crippen molar-refractivity contribution in [2.75, 3.05) is 10.6 Å².